The Hall–Kier alpha value is -2.28. The van der Waals surface area contributed by atoms with Crippen molar-refractivity contribution in [2.24, 2.45) is 5.73 Å². The minimum absolute atomic E-state index is 0.0395. The molecule has 2 N–H and O–H groups in total. The summed E-state index contributed by atoms with van der Waals surface area (Å²) in [6.07, 6.45) is 4.51. The number of aromatic nitrogens is 3. The van der Waals surface area contributed by atoms with Crippen LogP contribution in [0.15, 0.2) is 30.5 Å². The number of rotatable bonds is 6. The SMILES string of the molecule is NCCCCc1cn(-c2cccc([N+](=O)[O-])c2)nn1. The monoisotopic (exact) mass is 261 g/mol. The average molecular weight is 261 g/mol. The second-order valence-electron chi connectivity index (χ2n) is 4.18. The fraction of sp³-hybridized carbons (Fsp3) is 0.333. The van der Waals surface area contributed by atoms with Crippen LogP contribution in [-0.4, -0.2) is 26.5 Å². The van der Waals surface area contributed by atoms with E-state index in [1.165, 1.54) is 12.1 Å². The third-order valence-corrected chi connectivity index (χ3v) is 2.73. The summed E-state index contributed by atoms with van der Waals surface area (Å²) in [5.41, 5.74) is 6.96. The molecule has 0 aliphatic rings. The van der Waals surface area contributed by atoms with Crippen molar-refractivity contribution in [3.63, 3.8) is 0 Å². The Morgan fingerprint density at radius 1 is 1.37 bits per heavy atom. The van der Waals surface area contributed by atoms with Crippen LogP contribution in [0, 0.1) is 10.1 Å². The Morgan fingerprint density at radius 3 is 2.95 bits per heavy atom. The highest BCUT2D eigenvalue weighted by atomic mass is 16.6. The van der Waals surface area contributed by atoms with Gasteiger partial charge in [-0.05, 0) is 31.9 Å². The maximum atomic E-state index is 10.7. The predicted molar refractivity (Wildman–Crippen MR) is 70.0 cm³/mol. The first-order valence-electron chi connectivity index (χ1n) is 6.07. The van der Waals surface area contributed by atoms with Crippen LogP contribution in [0.25, 0.3) is 5.69 Å². The van der Waals surface area contributed by atoms with Crippen molar-refractivity contribution >= 4 is 5.69 Å². The van der Waals surface area contributed by atoms with Crippen LogP contribution < -0.4 is 5.73 Å². The topological polar surface area (TPSA) is 99.9 Å². The number of benzene rings is 1. The van der Waals surface area contributed by atoms with Gasteiger partial charge in [0.2, 0.25) is 0 Å². The molecule has 2 aromatic rings. The molecule has 0 saturated carbocycles. The second-order valence-corrected chi connectivity index (χ2v) is 4.18. The lowest BCUT2D eigenvalue weighted by molar-refractivity contribution is -0.384. The van der Waals surface area contributed by atoms with Gasteiger partial charge in [0.15, 0.2) is 0 Å². The third-order valence-electron chi connectivity index (χ3n) is 2.73. The van der Waals surface area contributed by atoms with E-state index in [1.54, 1.807) is 23.0 Å². The van der Waals surface area contributed by atoms with E-state index in [0.717, 1.165) is 25.0 Å². The molecule has 0 bridgehead atoms. The molecule has 100 valence electrons. The smallest absolute Gasteiger partial charge is 0.271 e. The highest BCUT2D eigenvalue weighted by Gasteiger charge is 2.08. The van der Waals surface area contributed by atoms with Crippen molar-refractivity contribution < 1.29 is 4.92 Å². The molecule has 0 fully saturated rings. The van der Waals surface area contributed by atoms with Crippen LogP contribution in [0.4, 0.5) is 5.69 Å². The standard InChI is InChI=1S/C12H15N5O2/c13-7-2-1-4-10-9-16(15-14-10)11-5-3-6-12(8-11)17(18)19/h3,5-6,8-9H,1-2,4,7,13H2. The summed E-state index contributed by atoms with van der Waals surface area (Å²) in [5, 5.41) is 18.7. The van der Waals surface area contributed by atoms with E-state index in [-0.39, 0.29) is 5.69 Å². The predicted octanol–water partition coefficient (Wildman–Crippen LogP) is 1.46. The van der Waals surface area contributed by atoms with Gasteiger partial charge < -0.3 is 5.73 Å². The third kappa shape index (κ3) is 3.35. The van der Waals surface area contributed by atoms with Crippen molar-refractivity contribution in [2.45, 2.75) is 19.3 Å². The minimum Gasteiger partial charge on any atom is -0.330 e. The maximum absolute atomic E-state index is 10.7. The van der Waals surface area contributed by atoms with Crippen molar-refractivity contribution in [3.8, 4) is 5.69 Å². The van der Waals surface area contributed by atoms with E-state index in [0.29, 0.717) is 12.2 Å². The zero-order valence-corrected chi connectivity index (χ0v) is 10.4. The van der Waals surface area contributed by atoms with Crippen LogP contribution in [0.3, 0.4) is 0 Å². The van der Waals surface area contributed by atoms with Crippen LogP contribution in [0.1, 0.15) is 18.5 Å². The number of hydrogen-bond acceptors (Lipinski definition) is 5. The van der Waals surface area contributed by atoms with Gasteiger partial charge in [0.05, 0.1) is 22.5 Å². The molecule has 7 nitrogen and oxygen atoms in total. The first-order valence-corrected chi connectivity index (χ1v) is 6.07. The summed E-state index contributed by atoms with van der Waals surface area (Å²) >= 11 is 0. The number of nitro benzene ring substituents is 1. The summed E-state index contributed by atoms with van der Waals surface area (Å²) in [6.45, 7) is 0.666. The largest absolute Gasteiger partial charge is 0.330 e. The number of nitro groups is 1. The number of nitrogens with zero attached hydrogens (tertiary/aromatic N) is 4. The Bertz CT molecular complexity index is 567. The van der Waals surface area contributed by atoms with Gasteiger partial charge in [-0.25, -0.2) is 4.68 Å². The number of nitrogens with two attached hydrogens (primary N) is 1. The van der Waals surface area contributed by atoms with Gasteiger partial charge in [-0.1, -0.05) is 11.3 Å². The van der Waals surface area contributed by atoms with Crippen molar-refractivity contribution in [1.82, 2.24) is 15.0 Å². The van der Waals surface area contributed by atoms with Gasteiger partial charge in [-0.3, -0.25) is 10.1 Å². The lowest BCUT2D eigenvalue weighted by Crippen LogP contribution is -1.99. The molecule has 0 radical (unpaired) electrons. The maximum Gasteiger partial charge on any atom is 0.271 e. The van der Waals surface area contributed by atoms with Crippen LogP contribution in [0.2, 0.25) is 0 Å². The molecule has 1 aromatic heterocycles. The first-order chi connectivity index (χ1) is 9.20. The average Bonchev–Trinajstić information content (AvgIpc) is 2.88. The van der Waals surface area contributed by atoms with E-state index < -0.39 is 4.92 Å². The molecule has 7 heteroatoms. The molecule has 0 unspecified atom stereocenters. The van der Waals surface area contributed by atoms with Crippen LogP contribution >= 0.6 is 0 Å². The number of non-ortho nitro benzene ring substituents is 1. The normalized spacial score (nSPS) is 10.6. The zero-order chi connectivity index (χ0) is 13.7. The zero-order valence-electron chi connectivity index (χ0n) is 10.4. The molecule has 0 atom stereocenters. The summed E-state index contributed by atoms with van der Waals surface area (Å²) in [5.74, 6) is 0. The molecule has 0 aliphatic carbocycles. The second kappa shape index (κ2) is 6.05. The molecular formula is C12H15N5O2. The van der Waals surface area contributed by atoms with E-state index >= 15 is 0 Å². The van der Waals surface area contributed by atoms with Gasteiger partial charge in [-0.2, -0.15) is 0 Å². The van der Waals surface area contributed by atoms with Gasteiger partial charge in [0.25, 0.3) is 5.69 Å². The Kier molecular flexibility index (Phi) is 4.19. The van der Waals surface area contributed by atoms with E-state index in [1.807, 2.05) is 0 Å². The molecule has 1 aromatic carbocycles. The van der Waals surface area contributed by atoms with E-state index in [2.05, 4.69) is 10.3 Å². The summed E-state index contributed by atoms with van der Waals surface area (Å²) in [7, 11) is 0. The van der Waals surface area contributed by atoms with E-state index in [4.69, 9.17) is 5.73 Å². The molecule has 19 heavy (non-hydrogen) atoms. The fourth-order valence-electron chi connectivity index (χ4n) is 1.74. The summed E-state index contributed by atoms with van der Waals surface area (Å²) in [6, 6.07) is 6.30. The molecule has 2 rings (SSSR count). The molecule has 0 saturated heterocycles. The first kappa shape index (κ1) is 13.2. The summed E-state index contributed by atoms with van der Waals surface area (Å²) < 4.78 is 1.55. The quantitative estimate of drug-likeness (QED) is 0.482. The lowest BCUT2D eigenvalue weighted by Gasteiger charge is -1.99. The van der Waals surface area contributed by atoms with Crippen molar-refractivity contribution in [3.05, 3.63) is 46.3 Å². The Morgan fingerprint density at radius 2 is 2.21 bits per heavy atom. The molecule has 0 spiro atoms. The van der Waals surface area contributed by atoms with Gasteiger partial charge >= 0.3 is 0 Å². The fourth-order valence-corrected chi connectivity index (χ4v) is 1.74. The van der Waals surface area contributed by atoms with Gasteiger partial charge in [-0.15, -0.1) is 5.10 Å². The minimum atomic E-state index is -0.428. The highest BCUT2D eigenvalue weighted by Crippen LogP contribution is 2.16. The van der Waals surface area contributed by atoms with Gasteiger partial charge in [0, 0.05) is 12.1 Å². The van der Waals surface area contributed by atoms with E-state index in [9.17, 15) is 10.1 Å². The van der Waals surface area contributed by atoms with Crippen molar-refractivity contribution in [2.75, 3.05) is 6.54 Å². The molecule has 0 aliphatic heterocycles. The number of unbranched alkanes of at least 4 members (excludes halogenated alkanes) is 1. The number of aryl methyl sites for hydroxylation is 1. The van der Waals surface area contributed by atoms with Crippen LogP contribution in [-0.2, 0) is 6.42 Å². The van der Waals surface area contributed by atoms with Crippen molar-refractivity contribution in [1.29, 1.82) is 0 Å². The molecular weight excluding hydrogens is 246 g/mol. The lowest BCUT2D eigenvalue weighted by atomic mass is 10.2. The molecule has 0 amide bonds. The summed E-state index contributed by atoms with van der Waals surface area (Å²) in [4.78, 5) is 10.3. The Balaban J connectivity index is 2.13. The number of hydrogen-bond donors (Lipinski definition) is 1. The Labute approximate surface area is 110 Å². The van der Waals surface area contributed by atoms with Crippen LogP contribution in [0.5, 0.6) is 0 Å². The molecule has 1 heterocycles. The highest BCUT2D eigenvalue weighted by molar-refractivity contribution is 5.42. The van der Waals surface area contributed by atoms with Gasteiger partial charge in [0.1, 0.15) is 0 Å².